The largest absolute Gasteiger partial charge is 0.495 e. The molecular formula is C13H17ClN2O2. The van der Waals surface area contributed by atoms with E-state index in [9.17, 15) is 4.79 Å². The standard InChI is InChI=1S/C13H17ClN2O2/c1-8-10(5-6-15-8)13(17)16-11-7-9(14)3-4-12(11)18-2/h3-4,7-8,10,15H,5-6H2,1-2H3,(H,16,17). The lowest BCUT2D eigenvalue weighted by Gasteiger charge is -2.16. The second kappa shape index (κ2) is 5.59. The molecule has 0 radical (unpaired) electrons. The van der Waals surface area contributed by atoms with Gasteiger partial charge in [0, 0.05) is 11.1 Å². The number of ether oxygens (including phenoxy) is 1. The minimum absolute atomic E-state index is 0.00584. The lowest BCUT2D eigenvalue weighted by atomic mass is 10.0. The van der Waals surface area contributed by atoms with Crippen molar-refractivity contribution in [1.29, 1.82) is 0 Å². The molecule has 4 nitrogen and oxygen atoms in total. The SMILES string of the molecule is COc1ccc(Cl)cc1NC(=O)C1CCNC1C. The Morgan fingerprint density at radius 1 is 1.56 bits per heavy atom. The Kier molecular flexibility index (Phi) is 4.09. The summed E-state index contributed by atoms with van der Waals surface area (Å²) in [7, 11) is 1.57. The van der Waals surface area contributed by atoms with E-state index in [1.54, 1.807) is 25.3 Å². The second-order valence-corrected chi connectivity index (χ2v) is 4.91. The molecule has 0 aromatic heterocycles. The number of halogens is 1. The van der Waals surface area contributed by atoms with E-state index in [2.05, 4.69) is 10.6 Å². The molecule has 2 atom stereocenters. The number of benzene rings is 1. The maximum absolute atomic E-state index is 12.2. The fourth-order valence-electron chi connectivity index (χ4n) is 2.22. The number of anilines is 1. The lowest BCUT2D eigenvalue weighted by molar-refractivity contribution is -0.120. The van der Waals surface area contributed by atoms with E-state index in [1.165, 1.54) is 0 Å². The van der Waals surface area contributed by atoms with Crippen LogP contribution in [0.4, 0.5) is 5.69 Å². The molecule has 1 aromatic rings. The molecule has 0 aliphatic carbocycles. The van der Waals surface area contributed by atoms with Crippen molar-refractivity contribution in [1.82, 2.24) is 5.32 Å². The summed E-state index contributed by atoms with van der Waals surface area (Å²) < 4.78 is 5.20. The van der Waals surface area contributed by atoms with E-state index in [4.69, 9.17) is 16.3 Å². The first-order valence-electron chi connectivity index (χ1n) is 5.99. The van der Waals surface area contributed by atoms with Crippen LogP contribution in [0.2, 0.25) is 5.02 Å². The van der Waals surface area contributed by atoms with Gasteiger partial charge in [0.15, 0.2) is 0 Å². The predicted molar refractivity (Wildman–Crippen MR) is 72.2 cm³/mol. The number of amides is 1. The Bertz CT molecular complexity index is 451. The van der Waals surface area contributed by atoms with Crippen LogP contribution >= 0.6 is 11.6 Å². The fourth-order valence-corrected chi connectivity index (χ4v) is 2.39. The molecule has 18 heavy (non-hydrogen) atoms. The van der Waals surface area contributed by atoms with Gasteiger partial charge in [-0.2, -0.15) is 0 Å². The van der Waals surface area contributed by atoms with Crippen LogP contribution < -0.4 is 15.4 Å². The van der Waals surface area contributed by atoms with E-state index >= 15 is 0 Å². The van der Waals surface area contributed by atoms with Gasteiger partial charge in [0.05, 0.1) is 18.7 Å². The Labute approximate surface area is 112 Å². The van der Waals surface area contributed by atoms with Gasteiger partial charge in [-0.1, -0.05) is 11.6 Å². The summed E-state index contributed by atoms with van der Waals surface area (Å²) in [5.41, 5.74) is 0.620. The minimum Gasteiger partial charge on any atom is -0.495 e. The van der Waals surface area contributed by atoms with Gasteiger partial charge in [0.1, 0.15) is 5.75 Å². The Hall–Kier alpha value is -1.26. The number of methoxy groups -OCH3 is 1. The topological polar surface area (TPSA) is 50.4 Å². The quantitative estimate of drug-likeness (QED) is 0.884. The summed E-state index contributed by atoms with van der Waals surface area (Å²) in [5, 5.41) is 6.72. The van der Waals surface area contributed by atoms with Gasteiger partial charge in [-0.15, -0.1) is 0 Å². The van der Waals surface area contributed by atoms with E-state index < -0.39 is 0 Å². The number of carbonyl (C=O) groups excluding carboxylic acids is 1. The van der Waals surface area contributed by atoms with E-state index in [-0.39, 0.29) is 17.9 Å². The van der Waals surface area contributed by atoms with Crippen molar-refractivity contribution in [3.05, 3.63) is 23.2 Å². The highest BCUT2D eigenvalue weighted by Gasteiger charge is 2.29. The van der Waals surface area contributed by atoms with E-state index in [0.717, 1.165) is 13.0 Å². The summed E-state index contributed by atoms with van der Waals surface area (Å²) in [6.45, 7) is 2.90. The molecule has 2 unspecified atom stereocenters. The Balaban J connectivity index is 2.13. The highest BCUT2D eigenvalue weighted by molar-refractivity contribution is 6.31. The molecule has 1 aliphatic rings. The van der Waals surface area contributed by atoms with E-state index in [0.29, 0.717) is 16.5 Å². The normalized spacial score (nSPS) is 22.8. The van der Waals surface area contributed by atoms with Gasteiger partial charge in [-0.3, -0.25) is 4.79 Å². The van der Waals surface area contributed by atoms with Crippen molar-refractivity contribution in [3.8, 4) is 5.75 Å². The highest BCUT2D eigenvalue weighted by Crippen LogP contribution is 2.29. The van der Waals surface area contributed by atoms with Gasteiger partial charge in [0.25, 0.3) is 0 Å². The van der Waals surface area contributed by atoms with Crippen molar-refractivity contribution in [2.24, 2.45) is 5.92 Å². The molecule has 0 bridgehead atoms. The maximum Gasteiger partial charge on any atom is 0.229 e. The van der Waals surface area contributed by atoms with Crippen molar-refractivity contribution in [2.75, 3.05) is 19.0 Å². The number of rotatable bonds is 3. The minimum atomic E-state index is -0.00584. The van der Waals surface area contributed by atoms with Crippen LogP contribution in [-0.4, -0.2) is 25.6 Å². The molecular weight excluding hydrogens is 252 g/mol. The Morgan fingerprint density at radius 3 is 2.94 bits per heavy atom. The third kappa shape index (κ3) is 2.76. The first kappa shape index (κ1) is 13.2. The zero-order valence-corrected chi connectivity index (χ0v) is 11.3. The van der Waals surface area contributed by atoms with Crippen LogP contribution in [0.3, 0.4) is 0 Å². The van der Waals surface area contributed by atoms with Crippen LogP contribution in [0.15, 0.2) is 18.2 Å². The molecule has 2 rings (SSSR count). The van der Waals surface area contributed by atoms with Gasteiger partial charge in [0.2, 0.25) is 5.91 Å². The summed E-state index contributed by atoms with van der Waals surface area (Å²) in [4.78, 5) is 12.2. The molecule has 1 heterocycles. The number of carbonyl (C=O) groups is 1. The summed E-state index contributed by atoms with van der Waals surface area (Å²) in [6, 6.07) is 5.38. The summed E-state index contributed by atoms with van der Waals surface area (Å²) in [5.74, 6) is 0.619. The molecule has 1 amide bonds. The third-order valence-electron chi connectivity index (χ3n) is 3.28. The lowest BCUT2D eigenvalue weighted by Crippen LogP contribution is -2.32. The molecule has 1 aliphatic heterocycles. The Morgan fingerprint density at radius 2 is 2.33 bits per heavy atom. The predicted octanol–water partition coefficient (Wildman–Crippen LogP) is 2.29. The molecule has 0 spiro atoms. The molecule has 2 N–H and O–H groups in total. The number of hydrogen-bond acceptors (Lipinski definition) is 3. The number of hydrogen-bond donors (Lipinski definition) is 2. The first-order valence-corrected chi connectivity index (χ1v) is 6.37. The van der Waals surface area contributed by atoms with Crippen molar-refractivity contribution >= 4 is 23.2 Å². The average molecular weight is 269 g/mol. The molecule has 5 heteroatoms. The van der Waals surface area contributed by atoms with Crippen LogP contribution in [0, 0.1) is 5.92 Å². The zero-order valence-electron chi connectivity index (χ0n) is 10.5. The second-order valence-electron chi connectivity index (χ2n) is 4.47. The zero-order chi connectivity index (χ0) is 13.1. The molecule has 1 aromatic carbocycles. The van der Waals surface area contributed by atoms with Crippen LogP contribution in [0.5, 0.6) is 5.75 Å². The average Bonchev–Trinajstić information content (AvgIpc) is 2.76. The fraction of sp³-hybridized carbons (Fsp3) is 0.462. The molecule has 0 saturated carbocycles. The number of nitrogens with one attached hydrogen (secondary N) is 2. The van der Waals surface area contributed by atoms with Crippen LogP contribution in [-0.2, 0) is 4.79 Å². The van der Waals surface area contributed by atoms with Crippen molar-refractivity contribution < 1.29 is 9.53 Å². The van der Waals surface area contributed by atoms with Crippen molar-refractivity contribution in [2.45, 2.75) is 19.4 Å². The van der Waals surface area contributed by atoms with Gasteiger partial charge >= 0.3 is 0 Å². The third-order valence-corrected chi connectivity index (χ3v) is 3.52. The molecule has 1 saturated heterocycles. The maximum atomic E-state index is 12.2. The van der Waals surface area contributed by atoms with Crippen LogP contribution in [0.25, 0.3) is 0 Å². The molecule has 98 valence electrons. The van der Waals surface area contributed by atoms with Crippen LogP contribution in [0.1, 0.15) is 13.3 Å². The van der Waals surface area contributed by atoms with Gasteiger partial charge in [-0.05, 0) is 38.1 Å². The smallest absolute Gasteiger partial charge is 0.229 e. The van der Waals surface area contributed by atoms with E-state index in [1.807, 2.05) is 6.92 Å². The summed E-state index contributed by atoms with van der Waals surface area (Å²) in [6.07, 6.45) is 0.857. The highest BCUT2D eigenvalue weighted by atomic mass is 35.5. The monoisotopic (exact) mass is 268 g/mol. The summed E-state index contributed by atoms with van der Waals surface area (Å²) >= 11 is 5.93. The molecule has 1 fully saturated rings. The van der Waals surface area contributed by atoms with Gasteiger partial charge in [-0.25, -0.2) is 0 Å². The van der Waals surface area contributed by atoms with Crippen molar-refractivity contribution in [3.63, 3.8) is 0 Å². The first-order chi connectivity index (χ1) is 8.61. The van der Waals surface area contributed by atoms with Gasteiger partial charge < -0.3 is 15.4 Å².